The number of nitrogen functional groups attached to an aromatic ring is 1. The van der Waals surface area contributed by atoms with Crippen molar-refractivity contribution in [3.05, 3.63) is 59.2 Å². The minimum Gasteiger partial charge on any atom is -0.367 e. The first-order valence-electron chi connectivity index (χ1n) is 6.38. The van der Waals surface area contributed by atoms with E-state index >= 15 is 0 Å². The molecule has 0 spiro atoms. The van der Waals surface area contributed by atoms with Gasteiger partial charge in [-0.25, -0.2) is 0 Å². The van der Waals surface area contributed by atoms with Gasteiger partial charge >= 0.3 is 0 Å². The molecule has 0 radical (unpaired) electrons. The molecule has 110 valence electrons. The Hall–Kier alpha value is -2.86. The summed E-state index contributed by atoms with van der Waals surface area (Å²) in [5.41, 5.74) is 7.25. The third-order valence-electron chi connectivity index (χ3n) is 2.96. The van der Waals surface area contributed by atoms with Gasteiger partial charge in [0.2, 0.25) is 5.88 Å². The van der Waals surface area contributed by atoms with Crippen molar-refractivity contribution in [2.24, 2.45) is 0 Å². The summed E-state index contributed by atoms with van der Waals surface area (Å²) in [6, 6.07) is 12.0. The van der Waals surface area contributed by atoms with E-state index in [2.05, 4.69) is 15.5 Å². The number of nitrogens with one attached hydrogen (secondary N) is 1. The second-order valence-electron chi connectivity index (χ2n) is 4.45. The fraction of sp³-hybridized carbons (Fsp3) is 0. The van der Waals surface area contributed by atoms with Crippen molar-refractivity contribution in [1.29, 1.82) is 0 Å². The molecular weight excluding hydrogens is 304 g/mol. The number of rotatable bonds is 3. The molecule has 1 aromatic carbocycles. The van der Waals surface area contributed by atoms with Gasteiger partial charge in [0.05, 0.1) is 5.69 Å². The van der Waals surface area contributed by atoms with Crippen LogP contribution in [-0.2, 0) is 0 Å². The van der Waals surface area contributed by atoms with Gasteiger partial charge in [-0.15, -0.1) is 0 Å². The number of benzene rings is 1. The van der Waals surface area contributed by atoms with Gasteiger partial charge in [-0.2, -0.15) is 0 Å². The lowest BCUT2D eigenvalue weighted by Gasteiger charge is -2.05. The monoisotopic (exact) mass is 314 g/mol. The zero-order chi connectivity index (χ0) is 15.5. The summed E-state index contributed by atoms with van der Waals surface area (Å²) in [5, 5.41) is 7.12. The van der Waals surface area contributed by atoms with E-state index < -0.39 is 5.91 Å². The first kappa shape index (κ1) is 14.1. The van der Waals surface area contributed by atoms with Crippen LogP contribution in [0.5, 0.6) is 0 Å². The predicted molar refractivity (Wildman–Crippen MR) is 83.6 cm³/mol. The molecule has 0 saturated heterocycles. The SMILES string of the molecule is Nc1onc(-c2ccccn2)c1C(=O)Nc1ccc(Cl)cc1. The van der Waals surface area contributed by atoms with Gasteiger partial charge in [0.25, 0.3) is 5.91 Å². The molecular formula is C15H11ClN4O2. The van der Waals surface area contributed by atoms with Crippen LogP contribution in [-0.4, -0.2) is 16.0 Å². The van der Waals surface area contributed by atoms with Crippen molar-refractivity contribution in [3.8, 4) is 11.4 Å². The van der Waals surface area contributed by atoms with Crippen LogP contribution in [0.15, 0.2) is 53.2 Å². The summed E-state index contributed by atoms with van der Waals surface area (Å²) >= 11 is 5.81. The Kier molecular flexibility index (Phi) is 3.76. The summed E-state index contributed by atoms with van der Waals surface area (Å²) in [6.07, 6.45) is 1.60. The zero-order valence-corrected chi connectivity index (χ0v) is 12.0. The second-order valence-corrected chi connectivity index (χ2v) is 4.88. The van der Waals surface area contributed by atoms with Gasteiger partial charge in [0.1, 0.15) is 11.3 Å². The van der Waals surface area contributed by atoms with Crippen molar-refractivity contribution in [3.63, 3.8) is 0 Å². The molecule has 0 bridgehead atoms. The summed E-state index contributed by atoms with van der Waals surface area (Å²) in [4.78, 5) is 16.6. The van der Waals surface area contributed by atoms with Gasteiger partial charge in [-0.3, -0.25) is 9.78 Å². The molecule has 0 atom stereocenters. The molecule has 2 aromatic heterocycles. The number of carbonyl (C=O) groups is 1. The normalized spacial score (nSPS) is 10.4. The number of hydrogen-bond donors (Lipinski definition) is 2. The van der Waals surface area contributed by atoms with E-state index in [9.17, 15) is 4.79 Å². The van der Waals surface area contributed by atoms with Gasteiger partial charge < -0.3 is 15.6 Å². The lowest BCUT2D eigenvalue weighted by Crippen LogP contribution is -2.14. The van der Waals surface area contributed by atoms with E-state index in [1.165, 1.54) is 0 Å². The van der Waals surface area contributed by atoms with E-state index in [0.29, 0.717) is 22.1 Å². The van der Waals surface area contributed by atoms with E-state index in [4.69, 9.17) is 21.9 Å². The molecule has 6 nitrogen and oxygen atoms in total. The van der Waals surface area contributed by atoms with Gasteiger partial charge in [-0.1, -0.05) is 22.8 Å². The number of nitrogens with two attached hydrogens (primary N) is 1. The molecule has 3 aromatic rings. The standard InChI is InChI=1S/C15H11ClN4O2/c16-9-4-6-10(7-5-9)19-15(21)12-13(20-22-14(12)17)11-3-1-2-8-18-11/h1-8H,17H2,(H,19,21). The third kappa shape index (κ3) is 2.77. The summed E-state index contributed by atoms with van der Waals surface area (Å²) in [6.45, 7) is 0. The van der Waals surface area contributed by atoms with Crippen LogP contribution >= 0.6 is 11.6 Å². The lowest BCUT2D eigenvalue weighted by molar-refractivity contribution is 0.102. The molecule has 3 N–H and O–H groups in total. The maximum absolute atomic E-state index is 12.4. The smallest absolute Gasteiger partial charge is 0.263 e. The Morgan fingerprint density at radius 2 is 1.95 bits per heavy atom. The zero-order valence-electron chi connectivity index (χ0n) is 11.3. The fourth-order valence-corrected chi connectivity index (χ4v) is 2.05. The Morgan fingerprint density at radius 3 is 2.64 bits per heavy atom. The Bertz CT molecular complexity index is 800. The third-order valence-corrected chi connectivity index (χ3v) is 3.21. The minimum atomic E-state index is -0.429. The molecule has 0 aliphatic rings. The average Bonchev–Trinajstić information content (AvgIpc) is 2.92. The molecule has 0 saturated carbocycles. The van der Waals surface area contributed by atoms with Crippen LogP contribution in [0.3, 0.4) is 0 Å². The molecule has 0 unspecified atom stereocenters. The minimum absolute atomic E-state index is 0.0629. The molecule has 3 rings (SSSR count). The summed E-state index contributed by atoms with van der Waals surface area (Å²) in [5.74, 6) is -0.492. The first-order chi connectivity index (χ1) is 10.6. The highest BCUT2D eigenvalue weighted by atomic mass is 35.5. The number of amides is 1. The van der Waals surface area contributed by atoms with Crippen LogP contribution in [0, 0.1) is 0 Å². The molecule has 2 heterocycles. The second kappa shape index (κ2) is 5.87. The first-order valence-corrected chi connectivity index (χ1v) is 6.76. The highest BCUT2D eigenvalue weighted by Crippen LogP contribution is 2.26. The number of pyridine rings is 1. The molecule has 0 aliphatic carbocycles. The number of anilines is 2. The van der Waals surface area contributed by atoms with Crippen molar-refractivity contribution in [2.75, 3.05) is 11.1 Å². The van der Waals surface area contributed by atoms with Gasteiger partial charge in [0, 0.05) is 16.9 Å². The molecule has 0 aliphatic heterocycles. The molecule has 1 amide bonds. The van der Waals surface area contributed by atoms with Crippen molar-refractivity contribution >= 4 is 29.1 Å². The quantitative estimate of drug-likeness (QED) is 0.774. The fourth-order valence-electron chi connectivity index (χ4n) is 1.93. The molecule has 7 heteroatoms. The van der Waals surface area contributed by atoms with Gasteiger partial charge in [-0.05, 0) is 36.4 Å². The van der Waals surface area contributed by atoms with Crippen molar-refractivity contribution in [2.45, 2.75) is 0 Å². The van der Waals surface area contributed by atoms with Crippen LogP contribution in [0.4, 0.5) is 11.6 Å². The number of halogens is 1. The van der Waals surface area contributed by atoms with E-state index in [-0.39, 0.29) is 11.4 Å². The maximum Gasteiger partial charge on any atom is 0.263 e. The van der Waals surface area contributed by atoms with Crippen LogP contribution in [0.2, 0.25) is 5.02 Å². The lowest BCUT2D eigenvalue weighted by atomic mass is 10.1. The summed E-state index contributed by atoms with van der Waals surface area (Å²) in [7, 11) is 0. The maximum atomic E-state index is 12.4. The number of hydrogen-bond acceptors (Lipinski definition) is 5. The van der Waals surface area contributed by atoms with Crippen LogP contribution in [0.1, 0.15) is 10.4 Å². The molecule has 0 fully saturated rings. The Balaban J connectivity index is 1.93. The van der Waals surface area contributed by atoms with Crippen molar-refractivity contribution in [1.82, 2.24) is 10.1 Å². The number of aromatic nitrogens is 2. The predicted octanol–water partition coefficient (Wildman–Crippen LogP) is 3.22. The average molecular weight is 315 g/mol. The van der Waals surface area contributed by atoms with E-state index in [1.54, 1.807) is 48.7 Å². The highest BCUT2D eigenvalue weighted by molar-refractivity contribution is 6.30. The Labute approximate surface area is 130 Å². The Morgan fingerprint density at radius 1 is 1.18 bits per heavy atom. The topological polar surface area (TPSA) is 94.0 Å². The highest BCUT2D eigenvalue weighted by Gasteiger charge is 2.23. The van der Waals surface area contributed by atoms with E-state index in [1.807, 2.05) is 0 Å². The summed E-state index contributed by atoms with van der Waals surface area (Å²) < 4.78 is 4.93. The van der Waals surface area contributed by atoms with E-state index in [0.717, 1.165) is 0 Å². The number of carbonyl (C=O) groups excluding carboxylic acids is 1. The largest absolute Gasteiger partial charge is 0.367 e. The van der Waals surface area contributed by atoms with Crippen LogP contribution in [0.25, 0.3) is 11.4 Å². The van der Waals surface area contributed by atoms with Crippen LogP contribution < -0.4 is 11.1 Å². The molecule has 22 heavy (non-hydrogen) atoms. The number of nitrogens with zero attached hydrogens (tertiary/aromatic N) is 2. The van der Waals surface area contributed by atoms with Gasteiger partial charge in [0.15, 0.2) is 0 Å². The van der Waals surface area contributed by atoms with Crippen molar-refractivity contribution < 1.29 is 9.32 Å².